The van der Waals surface area contributed by atoms with Gasteiger partial charge in [0.25, 0.3) is 0 Å². The number of hydrogen-bond acceptors (Lipinski definition) is 4. The first-order valence-corrected chi connectivity index (χ1v) is 10.3. The van der Waals surface area contributed by atoms with E-state index >= 15 is 0 Å². The van der Waals surface area contributed by atoms with Crippen LogP contribution in [-0.2, 0) is 11.3 Å². The summed E-state index contributed by atoms with van der Waals surface area (Å²) in [5.41, 5.74) is 0.428. The van der Waals surface area contributed by atoms with Gasteiger partial charge in [0.05, 0.1) is 19.9 Å². The molecule has 1 aliphatic heterocycles. The fourth-order valence-electron chi connectivity index (χ4n) is 4.15. The van der Waals surface area contributed by atoms with Gasteiger partial charge >= 0.3 is 6.09 Å². The molecule has 9 heteroatoms. The minimum Gasteiger partial charge on any atom is -0.496 e. The van der Waals surface area contributed by atoms with Crippen LogP contribution in [0.2, 0.25) is 0 Å². The molecule has 166 valence electrons. The molecular weight excluding hydrogens is 398 g/mol. The van der Waals surface area contributed by atoms with Crippen LogP contribution in [0.4, 0.5) is 13.6 Å². The van der Waals surface area contributed by atoms with E-state index in [1.165, 1.54) is 19.2 Å². The van der Waals surface area contributed by atoms with Crippen LogP contribution in [0.1, 0.15) is 44.1 Å². The molecule has 2 fully saturated rings. The molecule has 0 radical (unpaired) electrons. The van der Waals surface area contributed by atoms with Crippen LogP contribution >= 0.6 is 0 Å². The predicted molar refractivity (Wildman–Crippen MR) is 105 cm³/mol. The van der Waals surface area contributed by atoms with Crippen molar-refractivity contribution in [1.82, 2.24) is 10.2 Å². The molecule has 1 aromatic rings. The zero-order valence-electron chi connectivity index (χ0n) is 17.0. The van der Waals surface area contributed by atoms with Crippen molar-refractivity contribution in [2.24, 2.45) is 5.92 Å². The second kappa shape index (κ2) is 9.95. The fourth-order valence-corrected chi connectivity index (χ4v) is 4.15. The number of likely N-dealkylation sites (tertiary alicyclic amines) is 1. The van der Waals surface area contributed by atoms with Gasteiger partial charge in [0, 0.05) is 24.7 Å². The number of nitrogens with one attached hydrogen (secondary N) is 1. The fraction of sp³-hybridized carbons (Fsp3) is 0.619. The van der Waals surface area contributed by atoms with Gasteiger partial charge in [0.15, 0.2) is 11.6 Å². The molecule has 0 bridgehead atoms. The summed E-state index contributed by atoms with van der Waals surface area (Å²) in [6.45, 7) is -0.00414. The smallest absolute Gasteiger partial charge is 0.407 e. The van der Waals surface area contributed by atoms with Crippen molar-refractivity contribution >= 4 is 12.0 Å². The molecule has 1 saturated carbocycles. The van der Waals surface area contributed by atoms with Crippen molar-refractivity contribution in [2.45, 2.75) is 57.2 Å². The summed E-state index contributed by atoms with van der Waals surface area (Å²) in [6, 6.07) is 1.98. The van der Waals surface area contributed by atoms with Crippen LogP contribution < -0.4 is 14.8 Å². The Morgan fingerprint density at radius 3 is 2.57 bits per heavy atom. The van der Waals surface area contributed by atoms with Crippen molar-refractivity contribution in [2.75, 3.05) is 20.3 Å². The third-order valence-corrected chi connectivity index (χ3v) is 5.89. The molecule has 1 atom stereocenters. The largest absolute Gasteiger partial charge is 0.496 e. The molecule has 1 saturated heterocycles. The highest BCUT2D eigenvalue weighted by atomic mass is 19.1. The Kier molecular flexibility index (Phi) is 7.33. The number of ether oxygens (including phenoxy) is 2. The van der Waals surface area contributed by atoms with E-state index in [2.05, 4.69) is 5.32 Å². The maximum atomic E-state index is 14.6. The molecular formula is C21H28F2N2O5. The molecule has 0 spiro atoms. The Hall–Kier alpha value is -2.58. The molecule has 1 aliphatic carbocycles. The van der Waals surface area contributed by atoms with E-state index in [1.54, 1.807) is 0 Å². The molecule has 30 heavy (non-hydrogen) atoms. The molecule has 0 aromatic heterocycles. The van der Waals surface area contributed by atoms with Crippen LogP contribution in [0.5, 0.6) is 11.5 Å². The number of benzene rings is 1. The number of nitrogens with zero attached hydrogens (tertiary/aromatic N) is 1. The van der Waals surface area contributed by atoms with E-state index in [4.69, 9.17) is 9.47 Å². The lowest BCUT2D eigenvalue weighted by molar-refractivity contribution is -0.125. The Morgan fingerprint density at radius 1 is 1.20 bits per heavy atom. The topological polar surface area (TPSA) is 88.1 Å². The highest BCUT2D eigenvalue weighted by Gasteiger charge is 2.34. The van der Waals surface area contributed by atoms with Gasteiger partial charge in [-0.25, -0.2) is 9.18 Å². The first kappa shape index (κ1) is 22.1. The van der Waals surface area contributed by atoms with E-state index < -0.39 is 23.9 Å². The van der Waals surface area contributed by atoms with E-state index in [-0.39, 0.29) is 31.0 Å². The maximum absolute atomic E-state index is 14.6. The van der Waals surface area contributed by atoms with Gasteiger partial charge in [-0.3, -0.25) is 14.1 Å². The molecule has 2 N–H and O–H groups in total. The quantitative estimate of drug-likeness (QED) is 0.697. The summed E-state index contributed by atoms with van der Waals surface area (Å²) >= 11 is 0. The van der Waals surface area contributed by atoms with Crippen LogP contribution in [-0.4, -0.2) is 54.5 Å². The predicted octanol–water partition coefficient (Wildman–Crippen LogP) is 3.50. The lowest BCUT2D eigenvalue weighted by atomic mass is 9.88. The minimum atomic E-state index is -1.13. The lowest BCUT2D eigenvalue weighted by Gasteiger charge is -2.28. The van der Waals surface area contributed by atoms with Gasteiger partial charge in [-0.1, -0.05) is 0 Å². The SMILES string of the molecule is COc1cc(OC2CCC(CF)CC2)c(F)cc1CNC(=O)C1CCCN1C(=O)O. The number of carbonyl (C=O) groups excluding carboxylic acids is 1. The van der Waals surface area contributed by atoms with E-state index in [9.17, 15) is 23.5 Å². The summed E-state index contributed by atoms with van der Waals surface area (Å²) in [6.07, 6.45) is 2.59. The van der Waals surface area contributed by atoms with Crippen molar-refractivity contribution in [1.29, 1.82) is 0 Å². The first-order valence-electron chi connectivity index (χ1n) is 10.3. The third kappa shape index (κ3) is 5.12. The number of carboxylic acid groups (broad SMARTS) is 1. The monoisotopic (exact) mass is 426 g/mol. The van der Waals surface area contributed by atoms with E-state index in [1.807, 2.05) is 0 Å². The first-order chi connectivity index (χ1) is 14.4. The Labute approximate surface area is 174 Å². The molecule has 1 heterocycles. The Morgan fingerprint density at radius 2 is 1.93 bits per heavy atom. The normalized spacial score (nSPS) is 23.8. The van der Waals surface area contributed by atoms with Crippen LogP contribution in [0.3, 0.4) is 0 Å². The number of alkyl halides is 1. The molecule has 1 unspecified atom stereocenters. The molecule has 2 amide bonds. The van der Waals surface area contributed by atoms with E-state index in [0.717, 1.165) is 17.7 Å². The number of halogens is 2. The standard InChI is InChI=1S/C21H28F2N2O5/c1-29-18-10-19(30-15-6-4-13(11-22)5-7-15)16(23)9-14(18)12-24-20(26)17-3-2-8-25(17)21(27)28/h9-10,13,15,17H,2-8,11-12H2,1H3,(H,24,26)(H,27,28). The molecule has 7 nitrogen and oxygen atoms in total. The average Bonchev–Trinajstić information content (AvgIpc) is 3.24. The third-order valence-electron chi connectivity index (χ3n) is 5.89. The number of hydrogen-bond donors (Lipinski definition) is 2. The van der Waals surface area contributed by atoms with Gasteiger partial charge in [-0.15, -0.1) is 0 Å². The van der Waals surface area contributed by atoms with Gasteiger partial charge in [-0.05, 0) is 50.5 Å². The van der Waals surface area contributed by atoms with Gasteiger partial charge in [0.1, 0.15) is 11.8 Å². The summed E-state index contributed by atoms with van der Waals surface area (Å²) in [4.78, 5) is 24.7. The summed E-state index contributed by atoms with van der Waals surface area (Å²) in [5, 5.41) is 11.8. The van der Waals surface area contributed by atoms with Gasteiger partial charge in [0.2, 0.25) is 5.91 Å². The maximum Gasteiger partial charge on any atom is 0.407 e. The van der Waals surface area contributed by atoms with E-state index in [0.29, 0.717) is 43.5 Å². The number of methoxy groups -OCH3 is 1. The number of carbonyl (C=O) groups is 2. The van der Waals surface area contributed by atoms with Crippen molar-refractivity contribution < 1.29 is 33.0 Å². The summed E-state index contributed by atoms with van der Waals surface area (Å²) in [5.74, 6) is -0.487. The van der Waals surface area contributed by atoms with Crippen molar-refractivity contribution in [3.63, 3.8) is 0 Å². The minimum absolute atomic E-state index is 0.00474. The van der Waals surface area contributed by atoms with Gasteiger partial charge in [-0.2, -0.15) is 0 Å². The number of amides is 2. The average molecular weight is 426 g/mol. The summed E-state index contributed by atoms with van der Waals surface area (Å²) in [7, 11) is 1.44. The summed E-state index contributed by atoms with van der Waals surface area (Å²) < 4.78 is 38.5. The van der Waals surface area contributed by atoms with Crippen LogP contribution in [0.15, 0.2) is 12.1 Å². The molecule has 2 aliphatic rings. The van der Waals surface area contributed by atoms with Crippen molar-refractivity contribution in [3.05, 3.63) is 23.5 Å². The highest BCUT2D eigenvalue weighted by Crippen LogP contribution is 2.33. The second-order valence-corrected chi connectivity index (χ2v) is 7.86. The zero-order valence-corrected chi connectivity index (χ0v) is 17.0. The lowest BCUT2D eigenvalue weighted by Crippen LogP contribution is -2.45. The second-order valence-electron chi connectivity index (χ2n) is 7.86. The molecule has 1 aromatic carbocycles. The Balaban J connectivity index is 1.62. The highest BCUT2D eigenvalue weighted by molar-refractivity contribution is 5.85. The van der Waals surface area contributed by atoms with Crippen molar-refractivity contribution in [3.8, 4) is 11.5 Å². The zero-order chi connectivity index (χ0) is 21.7. The van der Waals surface area contributed by atoms with Gasteiger partial charge < -0.3 is 19.9 Å². The molecule has 3 rings (SSSR count). The Bertz CT molecular complexity index is 768. The number of rotatable bonds is 7. The van der Waals surface area contributed by atoms with Crippen LogP contribution in [0.25, 0.3) is 0 Å². The van der Waals surface area contributed by atoms with Crippen LogP contribution in [0, 0.1) is 11.7 Å².